The molecule has 3 heteroatoms. The van der Waals surface area contributed by atoms with Crippen molar-refractivity contribution in [1.82, 2.24) is 5.32 Å². The van der Waals surface area contributed by atoms with E-state index in [0.717, 1.165) is 25.8 Å². The summed E-state index contributed by atoms with van der Waals surface area (Å²) in [7, 11) is 3.56. The monoisotopic (exact) mass is 245 g/mol. The third kappa shape index (κ3) is 7.74. The highest BCUT2D eigenvalue weighted by molar-refractivity contribution is 4.80. The lowest BCUT2D eigenvalue weighted by Crippen LogP contribution is -2.39. The van der Waals surface area contributed by atoms with Crippen LogP contribution < -0.4 is 5.32 Å². The van der Waals surface area contributed by atoms with Crippen LogP contribution in [0, 0.1) is 0 Å². The van der Waals surface area contributed by atoms with Crippen LogP contribution in [0.25, 0.3) is 0 Å². The second-order valence-electron chi connectivity index (χ2n) is 5.93. The largest absolute Gasteiger partial charge is 0.379 e. The van der Waals surface area contributed by atoms with Gasteiger partial charge in [0.2, 0.25) is 0 Å². The average Bonchev–Trinajstić information content (AvgIpc) is 2.26. The number of methoxy groups -OCH3 is 2. The quantitative estimate of drug-likeness (QED) is 0.677. The summed E-state index contributed by atoms with van der Waals surface area (Å²) in [4.78, 5) is 0. The van der Waals surface area contributed by atoms with Crippen LogP contribution in [0.2, 0.25) is 0 Å². The summed E-state index contributed by atoms with van der Waals surface area (Å²) >= 11 is 0. The molecule has 0 rings (SSSR count). The first kappa shape index (κ1) is 16.9. The standard InChI is InChI=1S/C14H31NO2/c1-8-15-12(11-14(4,5)17-7)9-10-13(2,3)16-6/h12,15H,8-11H2,1-7H3. The molecule has 0 aromatic carbocycles. The molecule has 0 heterocycles. The van der Waals surface area contributed by atoms with Gasteiger partial charge in [-0.3, -0.25) is 0 Å². The molecule has 0 radical (unpaired) electrons. The molecule has 0 aliphatic carbocycles. The van der Waals surface area contributed by atoms with Crippen molar-refractivity contribution in [2.75, 3.05) is 20.8 Å². The maximum Gasteiger partial charge on any atom is 0.0637 e. The molecule has 0 saturated heterocycles. The summed E-state index contributed by atoms with van der Waals surface area (Å²) < 4.78 is 11.0. The Hall–Kier alpha value is -0.120. The second-order valence-corrected chi connectivity index (χ2v) is 5.93. The molecule has 0 aromatic heterocycles. The summed E-state index contributed by atoms with van der Waals surface area (Å²) in [6.45, 7) is 11.7. The first-order chi connectivity index (χ1) is 7.76. The topological polar surface area (TPSA) is 30.5 Å². The van der Waals surface area contributed by atoms with Gasteiger partial charge in [0.25, 0.3) is 0 Å². The molecule has 0 saturated carbocycles. The zero-order valence-corrected chi connectivity index (χ0v) is 12.7. The highest BCUT2D eigenvalue weighted by Crippen LogP contribution is 2.22. The van der Waals surface area contributed by atoms with E-state index in [1.54, 1.807) is 14.2 Å². The molecule has 0 fully saturated rings. The molecule has 0 aliphatic rings. The molecule has 1 atom stereocenters. The maximum absolute atomic E-state index is 5.50. The molecular formula is C14H31NO2. The van der Waals surface area contributed by atoms with Crippen LogP contribution >= 0.6 is 0 Å². The average molecular weight is 245 g/mol. The van der Waals surface area contributed by atoms with Gasteiger partial charge in [0.15, 0.2) is 0 Å². The molecule has 3 nitrogen and oxygen atoms in total. The van der Waals surface area contributed by atoms with Crippen molar-refractivity contribution in [2.24, 2.45) is 0 Å². The zero-order valence-electron chi connectivity index (χ0n) is 12.7. The summed E-state index contributed by atoms with van der Waals surface area (Å²) in [5.41, 5.74) is -0.102. The fourth-order valence-corrected chi connectivity index (χ4v) is 1.87. The van der Waals surface area contributed by atoms with Gasteiger partial charge in [0, 0.05) is 20.3 Å². The summed E-state index contributed by atoms with van der Waals surface area (Å²) in [5, 5.41) is 3.53. The minimum Gasteiger partial charge on any atom is -0.379 e. The third-order valence-corrected chi connectivity index (χ3v) is 3.43. The van der Waals surface area contributed by atoms with Crippen LogP contribution in [-0.2, 0) is 9.47 Å². The predicted octanol–water partition coefficient (Wildman–Crippen LogP) is 2.98. The molecule has 17 heavy (non-hydrogen) atoms. The van der Waals surface area contributed by atoms with E-state index < -0.39 is 0 Å². The molecule has 0 aromatic rings. The summed E-state index contributed by atoms with van der Waals surface area (Å²) in [5.74, 6) is 0. The van der Waals surface area contributed by atoms with E-state index in [4.69, 9.17) is 9.47 Å². The zero-order chi connectivity index (χ0) is 13.5. The Bertz CT molecular complexity index is 202. The number of nitrogens with one attached hydrogen (secondary N) is 1. The molecule has 0 aliphatic heterocycles. The van der Waals surface area contributed by atoms with E-state index in [1.165, 1.54) is 0 Å². The molecule has 104 valence electrons. The summed E-state index contributed by atoms with van der Waals surface area (Å²) in [6, 6.07) is 0.490. The van der Waals surface area contributed by atoms with E-state index >= 15 is 0 Å². The van der Waals surface area contributed by atoms with Crippen molar-refractivity contribution in [2.45, 2.75) is 71.1 Å². The molecule has 0 spiro atoms. The highest BCUT2D eigenvalue weighted by atomic mass is 16.5. The first-order valence-corrected chi connectivity index (χ1v) is 6.60. The Morgan fingerprint density at radius 3 is 1.94 bits per heavy atom. The van der Waals surface area contributed by atoms with Gasteiger partial charge in [0.05, 0.1) is 11.2 Å². The smallest absolute Gasteiger partial charge is 0.0637 e. The molecule has 0 bridgehead atoms. The van der Waals surface area contributed by atoms with Crippen LogP contribution in [0.5, 0.6) is 0 Å². The number of hydrogen-bond donors (Lipinski definition) is 1. The van der Waals surface area contributed by atoms with E-state index in [1.807, 2.05) is 0 Å². The normalized spacial score (nSPS) is 15.0. The Balaban J connectivity index is 4.25. The second kappa shape index (κ2) is 7.34. The lowest BCUT2D eigenvalue weighted by atomic mass is 9.92. The van der Waals surface area contributed by atoms with Gasteiger partial charge in [-0.1, -0.05) is 6.92 Å². The van der Waals surface area contributed by atoms with E-state index in [9.17, 15) is 0 Å². The van der Waals surface area contributed by atoms with E-state index in [-0.39, 0.29) is 11.2 Å². The third-order valence-electron chi connectivity index (χ3n) is 3.43. The van der Waals surface area contributed by atoms with Gasteiger partial charge in [0.1, 0.15) is 0 Å². The minimum absolute atomic E-state index is 0.0368. The van der Waals surface area contributed by atoms with E-state index in [2.05, 4.69) is 39.9 Å². The van der Waals surface area contributed by atoms with Gasteiger partial charge in [-0.15, -0.1) is 0 Å². The van der Waals surface area contributed by atoms with Crippen LogP contribution in [0.1, 0.15) is 53.9 Å². The Labute approximate surface area is 107 Å². The highest BCUT2D eigenvalue weighted by Gasteiger charge is 2.25. The predicted molar refractivity (Wildman–Crippen MR) is 73.5 cm³/mol. The van der Waals surface area contributed by atoms with Crippen LogP contribution in [-0.4, -0.2) is 38.0 Å². The van der Waals surface area contributed by atoms with Crippen molar-refractivity contribution in [1.29, 1.82) is 0 Å². The Morgan fingerprint density at radius 2 is 1.53 bits per heavy atom. The van der Waals surface area contributed by atoms with Crippen molar-refractivity contribution in [3.8, 4) is 0 Å². The lowest BCUT2D eigenvalue weighted by molar-refractivity contribution is -0.00582. The minimum atomic E-state index is -0.0654. The lowest BCUT2D eigenvalue weighted by Gasteiger charge is -2.31. The SMILES string of the molecule is CCNC(CCC(C)(C)OC)CC(C)(C)OC. The first-order valence-electron chi connectivity index (χ1n) is 6.60. The van der Waals surface area contributed by atoms with Crippen LogP contribution in [0.4, 0.5) is 0 Å². The van der Waals surface area contributed by atoms with Crippen molar-refractivity contribution < 1.29 is 9.47 Å². The van der Waals surface area contributed by atoms with Crippen LogP contribution in [0.3, 0.4) is 0 Å². The van der Waals surface area contributed by atoms with Crippen LogP contribution in [0.15, 0.2) is 0 Å². The van der Waals surface area contributed by atoms with Crippen molar-refractivity contribution >= 4 is 0 Å². The number of rotatable bonds is 9. The van der Waals surface area contributed by atoms with Gasteiger partial charge in [-0.2, -0.15) is 0 Å². The molecule has 0 amide bonds. The fraction of sp³-hybridized carbons (Fsp3) is 1.00. The fourth-order valence-electron chi connectivity index (χ4n) is 1.87. The number of hydrogen-bond acceptors (Lipinski definition) is 3. The van der Waals surface area contributed by atoms with Gasteiger partial charge < -0.3 is 14.8 Å². The van der Waals surface area contributed by atoms with Gasteiger partial charge in [-0.05, 0) is 53.5 Å². The van der Waals surface area contributed by atoms with Gasteiger partial charge in [-0.25, -0.2) is 0 Å². The van der Waals surface area contributed by atoms with Gasteiger partial charge >= 0.3 is 0 Å². The summed E-state index contributed by atoms with van der Waals surface area (Å²) in [6.07, 6.45) is 3.19. The molecule has 1 N–H and O–H groups in total. The Kier molecular flexibility index (Phi) is 7.29. The van der Waals surface area contributed by atoms with E-state index in [0.29, 0.717) is 6.04 Å². The molecular weight excluding hydrogens is 214 g/mol. The number of ether oxygens (including phenoxy) is 2. The van der Waals surface area contributed by atoms with Crippen molar-refractivity contribution in [3.63, 3.8) is 0 Å². The van der Waals surface area contributed by atoms with Crippen molar-refractivity contribution in [3.05, 3.63) is 0 Å². The maximum atomic E-state index is 5.50. The molecule has 1 unspecified atom stereocenters. The Morgan fingerprint density at radius 1 is 1.00 bits per heavy atom.